The van der Waals surface area contributed by atoms with Gasteiger partial charge in [0.25, 0.3) is 0 Å². The first-order valence-electron chi connectivity index (χ1n) is 17.0. The Morgan fingerprint density at radius 3 is 2.37 bits per heavy atom. The van der Waals surface area contributed by atoms with Gasteiger partial charge in [0.1, 0.15) is 18.3 Å². The van der Waals surface area contributed by atoms with Crippen molar-refractivity contribution in [2.45, 2.75) is 148 Å². The smallest absolute Gasteiger partial charge is 0.186 e. The number of fused-ring (bicyclic) bond motifs is 4. The minimum atomic E-state index is -1.27. The van der Waals surface area contributed by atoms with Crippen molar-refractivity contribution in [1.82, 2.24) is 0 Å². The largest absolute Gasteiger partial charge is 0.390 e. The first kappa shape index (κ1) is 31.0. The van der Waals surface area contributed by atoms with Crippen LogP contribution in [0, 0.1) is 45.3 Å². The Kier molecular flexibility index (Phi) is 7.02. The second-order valence-corrected chi connectivity index (χ2v) is 17.4. The summed E-state index contributed by atoms with van der Waals surface area (Å²) in [5, 5.41) is 42.8. The molecule has 15 atom stereocenters. The van der Waals surface area contributed by atoms with Crippen molar-refractivity contribution >= 4 is 0 Å². The third kappa shape index (κ3) is 4.09. The molecule has 0 amide bonds. The van der Waals surface area contributed by atoms with Crippen LogP contribution in [0.3, 0.4) is 0 Å². The fourth-order valence-electron chi connectivity index (χ4n) is 12.9. The van der Waals surface area contributed by atoms with Gasteiger partial charge < -0.3 is 39.4 Å². The van der Waals surface area contributed by atoms with Crippen LogP contribution in [0.1, 0.15) is 99.8 Å². The van der Waals surface area contributed by atoms with Gasteiger partial charge >= 0.3 is 0 Å². The summed E-state index contributed by atoms with van der Waals surface area (Å²) in [6, 6.07) is 0. The summed E-state index contributed by atoms with van der Waals surface area (Å²) in [5.74, 6) is 0.645. The fraction of sp³-hybridized carbons (Fsp3) is 0.943. The van der Waals surface area contributed by atoms with E-state index in [9.17, 15) is 20.4 Å². The first-order chi connectivity index (χ1) is 20.0. The van der Waals surface area contributed by atoms with Gasteiger partial charge in [0.2, 0.25) is 0 Å². The number of rotatable bonds is 3. The minimum absolute atomic E-state index is 0.00441. The Morgan fingerprint density at radius 1 is 0.907 bits per heavy atom. The van der Waals surface area contributed by atoms with Crippen LogP contribution in [0.15, 0.2) is 11.6 Å². The van der Waals surface area contributed by atoms with Crippen LogP contribution in [0.4, 0.5) is 0 Å². The van der Waals surface area contributed by atoms with Crippen molar-refractivity contribution in [3.8, 4) is 0 Å². The molecule has 8 nitrogen and oxygen atoms in total. The van der Waals surface area contributed by atoms with Crippen LogP contribution in [-0.4, -0.2) is 81.8 Å². The van der Waals surface area contributed by atoms with Crippen molar-refractivity contribution in [3.05, 3.63) is 11.6 Å². The van der Waals surface area contributed by atoms with E-state index in [-0.39, 0.29) is 46.4 Å². The second kappa shape index (κ2) is 9.72. The highest BCUT2D eigenvalue weighted by atomic mass is 16.7. The van der Waals surface area contributed by atoms with Crippen LogP contribution >= 0.6 is 0 Å². The minimum Gasteiger partial charge on any atom is -0.390 e. The Balaban J connectivity index is 1.17. The molecule has 4 N–H and O–H groups in total. The highest BCUT2D eigenvalue weighted by Gasteiger charge is 2.80. The summed E-state index contributed by atoms with van der Waals surface area (Å²) in [7, 11) is 0. The molecular weight excluding hydrogens is 548 g/mol. The maximum atomic E-state index is 12.0. The summed E-state index contributed by atoms with van der Waals surface area (Å²) in [6.07, 6.45) is 5.20. The molecule has 244 valence electrons. The normalized spacial score (nSPS) is 58.6. The zero-order chi connectivity index (χ0) is 31.0. The lowest BCUT2D eigenvalue weighted by molar-refractivity contribution is -0.341. The average Bonchev–Trinajstić information content (AvgIpc) is 3.42. The number of allylic oxidation sites excluding steroid dienone is 1. The Morgan fingerprint density at radius 2 is 1.65 bits per heavy atom. The molecule has 4 aliphatic carbocycles. The maximum absolute atomic E-state index is 12.0. The molecule has 3 heterocycles. The quantitative estimate of drug-likeness (QED) is 0.278. The van der Waals surface area contributed by atoms with Crippen LogP contribution < -0.4 is 0 Å². The number of ether oxygens (including phenoxy) is 4. The van der Waals surface area contributed by atoms with Gasteiger partial charge in [0.05, 0.1) is 31.0 Å². The SMILES string of the molecule is CC(C)=C[C@@H]1C[C@](C)(O)[C@H]2[C@@H]3CC[C@@H]4[C@@]5(C)CC[C@H](O[C@H]6OC[C@H](O)[C@@H](O)[C@@H]6O)C(C)(C)[C@H]5CC[C@]4(C)[C@@]34CO[C@@]2(C4)O1. The molecule has 7 rings (SSSR count). The molecule has 0 aromatic heterocycles. The average molecular weight is 605 g/mol. The predicted molar refractivity (Wildman–Crippen MR) is 160 cm³/mol. The van der Waals surface area contributed by atoms with Gasteiger partial charge in [-0.15, -0.1) is 0 Å². The first-order valence-corrected chi connectivity index (χ1v) is 17.0. The van der Waals surface area contributed by atoms with E-state index in [0.717, 1.165) is 51.6 Å². The summed E-state index contributed by atoms with van der Waals surface area (Å²) in [5.41, 5.74) is 0.410. The molecule has 3 aliphatic heterocycles. The number of aliphatic hydroxyl groups excluding tert-OH is 3. The zero-order valence-corrected chi connectivity index (χ0v) is 27.3. The lowest BCUT2D eigenvalue weighted by Crippen LogP contribution is -2.67. The third-order valence-electron chi connectivity index (χ3n) is 14.5. The highest BCUT2D eigenvalue weighted by molar-refractivity contribution is 5.26. The van der Waals surface area contributed by atoms with Crippen LogP contribution in [-0.2, 0) is 18.9 Å². The van der Waals surface area contributed by atoms with Gasteiger partial charge in [0.15, 0.2) is 12.1 Å². The molecule has 8 heteroatoms. The van der Waals surface area contributed by atoms with E-state index in [4.69, 9.17) is 18.9 Å². The topological polar surface area (TPSA) is 118 Å². The standard InChI is InChI=1S/C35H56O8/c1-19(2)14-20-15-33(7,39)28-21-8-9-24-31(5)12-11-25(42-29-27(38)26(37)22(36)16-40-29)30(3,4)23(31)10-13-32(24,6)34(21)17-35(28,43-20)41-18-34/h14,20-29,36-39H,8-13,15-18H2,1-7H3/t20-,21+,22+,23-,24-,25+,26-,27+,28-,29-,31+,32+,33+,34+,35+/m1/s1. The van der Waals surface area contributed by atoms with E-state index >= 15 is 0 Å². The van der Waals surface area contributed by atoms with E-state index in [1.165, 1.54) is 5.57 Å². The molecule has 2 bridgehead atoms. The molecule has 7 fully saturated rings. The van der Waals surface area contributed by atoms with Crippen molar-refractivity contribution < 1.29 is 39.4 Å². The van der Waals surface area contributed by atoms with Crippen molar-refractivity contribution in [1.29, 1.82) is 0 Å². The molecule has 0 aromatic rings. The Bertz CT molecular complexity index is 1150. The van der Waals surface area contributed by atoms with Crippen molar-refractivity contribution in [2.24, 2.45) is 45.3 Å². The molecule has 3 saturated heterocycles. The summed E-state index contributed by atoms with van der Waals surface area (Å²) in [6.45, 7) is 16.6. The number of hydrogen-bond acceptors (Lipinski definition) is 8. The van der Waals surface area contributed by atoms with Gasteiger partial charge in [-0.05, 0) is 93.3 Å². The third-order valence-corrected chi connectivity index (χ3v) is 14.5. The molecule has 0 aromatic carbocycles. The van der Waals surface area contributed by atoms with Crippen LogP contribution in [0.2, 0.25) is 0 Å². The van der Waals surface area contributed by atoms with E-state index in [0.29, 0.717) is 24.2 Å². The molecule has 0 unspecified atom stereocenters. The second-order valence-electron chi connectivity index (χ2n) is 17.4. The molecular formula is C35H56O8. The Labute approximate surface area is 257 Å². The van der Waals surface area contributed by atoms with Gasteiger partial charge in [-0.3, -0.25) is 0 Å². The van der Waals surface area contributed by atoms with Gasteiger partial charge in [0, 0.05) is 24.2 Å². The molecule has 4 saturated carbocycles. The monoisotopic (exact) mass is 604 g/mol. The number of aliphatic hydroxyl groups is 4. The molecule has 43 heavy (non-hydrogen) atoms. The lowest BCUT2D eigenvalue weighted by Gasteiger charge is -2.70. The molecule has 0 radical (unpaired) electrons. The molecule has 7 aliphatic rings. The van der Waals surface area contributed by atoms with E-state index in [2.05, 4.69) is 47.6 Å². The zero-order valence-electron chi connectivity index (χ0n) is 27.3. The molecule has 2 spiro atoms. The van der Waals surface area contributed by atoms with Crippen LogP contribution in [0.5, 0.6) is 0 Å². The van der Waals surface area contributed by atoms with Gasteiger partial charge in [-0.1, -0.05) is 39.3 Å². The summed E-state index contributed by atoms with van der Waals surface area (Å²) < 4.78 is 25.8. The lowest BCUT2D eigenvalue weighted by atomic mass is 9.35. The Hall–Kier alpha value is -0.580. The predicted octanol–water partition coefficient (Wildman–Crippen LogP) is 4.32. The highest BCUT2D eigenvalue weighted by Crippen LogP contribution is 2.80. The fourth-order valence-corrected chi connectivity index (χ4v) is 12.9. The van der Waals surface area contributed by atoms with Crippen molar-refractivity contribution in [2.75, 3.05) is 13.2 Å². The van der Waals surface area contributed by atoms with Crippen LogP contribution in [0.25, 0.3) is 0 Å². The number of hydrogen-bond donors (Lipinski definition) is 4. The van der Waals surface area contributed by atoms with Gasteiger partial charge in [-0.2, -0.15) is 0 Å². The van der Waals surface area contributed by atoms with Crippen molar-refractivity contribution in [3.63, 3.8) is 0 Å². The summed E-state index contributed by atoms with van der Waals surface area (Å²) in [4.78, 5) is 0. The van der Waals surface area contributed by atoms with E-state index in [1.54, 1.807) is 0 Å². The van der Waals surface area contributed by atoms with E-state index < -0.39 is 36.0 Å². The summed E-state index contributed by atoms with van der Waals surface area (Å²) >= 11 is 0. The maximum Gasteiger partial charge on any atom is 0.186 e. The van der Waals surface area contributed by atoms with E-state index in [1.807, 2.05) is 6.92 Å². The van der Waals surface area contributed by atoms with Gasteiger partial charge in [-0.25, -0.2) is 0 Å².